The first-order valence-corrected chi connectivity index (χ1v) is 7.01. The number of aryl methyl sites for hydroxylation is 1. The molecule has 0 saturated carbocycles. The molecule has 0 aromatic heterocycles. The fraction of sp³-hybridized carbons (Fsp3) is 0.294. The lowest BCUT2D eigenvalue weighted by Gasteiger charge is -2.26. The van der Waals surface area contributed by atoms with E-state index in [4.69, 9.17) is 5.73 Å². The number of hydrogen-bond donors (Lipinski definition) is 1. The maximum atomic E-state index is 13.6. The van der Waals surface area contributed by atoms with E-state index < -0.39 is 0 Å². The minimum Gasteiger partial charge on any atom is -0.397 e. The van der Waals surface area contributed by atoms with Gasteiger partial charge in [-0.25, -0.2) is 4.39 Å². The fourth-order valence-electron chi connectivity index (χ4n) is 2.23. The summed E-state index contributed by atoms with van der Waals surface area (Å²) in [7, 11) is 0. The van der Waals surface area contributed by atoms with Gasteiger partial charge >= 0.3 is 0 Å². The number of nitrogens with zero attached hydrogens (tertiary/aromatic N) is 1. The molecule has 2 rings (SSSR count). The number of nitrogen functional groups attached to an aromatic ring is 1. The molecular formula is C17H21FN2. The van der Waals surface area contributed by atoms with Crippen LogP contribution in [0.2, 0.25) is 0 Å². The maximum Gasteiger partial charge on any atom is 0.128 e. The van der Waals surface area contributed by atoms with Crippen molar-refractivity contribution in [2.45, 2.75) is 26.7 Å². The Kier molecular flexibility index (Phi) is 4.61. The quantitative estimate of drug-likeness (QED) is 0.802. The minimum absolute atomic E-state index is 0.255. The van der Waals surface area contributed by atoms with Gasteiger partial charge in [0.1, 0.15) is 5.82 Å². The summed E-state index contributed by atoms with van der Waals surface area (Å²) in [6.45, 7) is 4.79. The van der Waals surface area contributed by atoms with Gasteiger partial charge in [0.15, 0.2) is 0 Å². The van der Waals surface area contributed by atoms with E-state index in [0.717, 1.165) is 30.8 Å². The molecule has 20 heavy (non-hydrogen) atoms. The number of anilines is 3. The highest BCUT2D eigenvalue weighted by Gasteiger charge is 2.13. The van der Waals surface area contributed by atoms with Crippen molar-refractivity contribution in [3.8, 4) is 0 Å². The van der Waals surface area contributed by atoms with E-state index in [1.54, 1.807) is 6.92 Å². The Labute approximate surface area is 120 Å². The first kappa shape index (κ1) is 14.4. The van der Waals surface area contributed by atoms with Gasteiger partial charge < -0.3 is 10.6 Å². The van der Waals surface area contributed by atoms with Crippen LogP contribution in [-0.2, 0) is 0 Å². The highest BCUT2D eigenvalue weighted by atomic mass is 19.1. The topological polar surface area (TPSA) is 29.3 Å². The van der Waals surface area contributed by atoms with Crippen molar-refractivity contribution >= 4 is 17.1 Å². The molecule has 3 heteroatoms. The Morgan fingerprint density at radius 2 is 1.85 bits per heavy atom. The molecule has 2 aromatic carbocycles. The van der Waals surface area contributed by atoms with Crippen molar-refractivity contribution in [3.63, 3.8) is 0 Å². The minimum atomic E-state index is -0.255. The predicted octanol–water partition coefficient (Wildman–Crippen LogP) is 4.65. The summed E-state index contributed by atoms with van der Waals surface area (Å²) in [6.07, 6.45) is 2.16. The van der Waals surface area contributed by atoms with Gasteiger partial charge in [-0.15, -0.1) is 0 Å². The van der Waals surface area contributed by atoms with E-state index in [1.165, 1.54) is 6.07 Å². The fourth-order valence-corrected chi connectivity index (χ4v) is 2.23. The van der Waals surface area contributed by atoms with Crippen LogP contribution in [-0.4, -0.2) is 6.54 Å². The molecule has 2 nitrogen and oxygen atoms in total. The van der Waals surface area contributed by atoms with E-state index in [0.29, 0.717) is 11.3 Å². The van der Waals surface area contributed by atoms with Gasteiger partial charge in [-0.3, -0.25) is 0 Å². The molecule has 0 amide bonds. The predicted molar refractivity (Wildman–Crippen MR) is 83.9 cm³/mol. The normalized spacial score (nSPS) is 10.6. The largest absolute Gasteiger partial charge is 0.397 e. The van der Waals surface area contributed by atoms with Gasteiger partial charge in [0.2, 0.25) is 0 Å². The molecule has 0 radical (unpaired) electrons. The van der Waals surface area contributed by atoms with Crippen molar-refractivity contribution in [2.24, 2.45) is 0 Å². The third-order valence-electron chi connectivity index (χ3n) is 3.40. The van der Waals surface area contributed by atoms with Crippen LogP contribution >= 0.6 is 0 Å². The molecule has 0 heterocycles. The molecule has 2 aromatic rings. The monoisotopic (exact) mass is 272 g/mol. The van der Waals surface area contributed by atoms with Gasteiger partial charge in [-0.1, -0.05) is 31.5 Å². The summed E-state index contributed by atoms with van der Waals surface area (Å²) in [5.41, 5.74) is 9.08. The smallest absolute Gasteiger partial charge is 0.128 e. The highest BCUT2D eigenvalue weighted by molar-refractivity contribution is 5.75. The van der Waals surface area contributed by atoms with E-state index in [1.807, 2.05) is 36.4 Å². The third kappa shape index (κ3) is 3.10. The zero-order valence-corrected chi connectivity index (χ0v) is 12.1. The Bertz CT molecular complexity index is 567. The van der Waals surface area contributed by atoms with Gasteiger partial charge in [0.05, 0.1) is 11.4 Å². The second-order valence-electron chi connectivity index (χ2n) is 5.00. The van der Waals surface area contributed by atoms with E-state index >= 15 is 0 Å². The first-order valence-electron chi connectivity index (χ1n) is 7.01. The number of halogens is 1. The number of benzene rings is 2. The Hall–Kier alpha value is -2.03. The Morgan fingerprint density at radius 3 is 2.50 bits per heavy atom. The van der Waals surface area contributed by atoms with Gasteiger partial charge in [-0.2, -0.15) is 0 Å². The standard InChI is InChI=1S/C17H21FN2/c1-3-4-10-20(14-8-6-5-7-9-14)17-11-13(2)15(18)12-16(17)19/h5-9,11-12H,3-4,10,19H2,1-2H3. The zero-order valence-electron chi connectivity index (χ0n) is 12.1. The van der Waals surface area contributed by atoms with Crippen LogP contribution in [0, 0.1) is 12.7 Å². The van der Waals surface area contributed by atoms with E-state index in [2.05, 4.69) is 11.8 Å². The van der Waals surface area contributed by atoms with Crippen LogP contribution in [0.1, 0.15) is 25.3 Å². The molecule has 0 fully saturated rings. The van der Waals surface area contributed by atoms with E-state index in [-0.39, 0.29) is 5.82 Å². The summed E-state index contributed by atoms with van der Waals surface area (Å²) < 4.78 is 13.6. The summed E-state index contributed by atoms with van der Waals surface area (Å²) >= 11 is 0. The SMILES string of the molecule is CCCCN(c1ccccc1)c1cc(C)c(F)cc1N. The molecule has 0 spiro atoms. The second kappa shape index (κ2) is 6.42. The summed E-state index contributed by atoms with van der Waals surface area (Å²) in [5.74, 6) is -0.255. The number of hydrogen-bond acceptors (Lipinski definition) is 2. The van der Waals surface area contributed by atoms with E-state index in [9.17, 15) is 4.39 Å². The molecule has 0 aliphatic rings. The van der Waals surface area contributed by atoms with Crippen LogP contribution in [0.15, 0.2) is 42.5 Å². The lowest BCUT2D eigenvalue weighted by atomic mass is 10.1. The van der Waals surface area contributed by atoms with Crippen molar-refractivity contribution in [2.75, 3.05) is 17.2 Å². The van der Waals surface area contributed by atoms with Crippen molar-refractivity contribution < 1.29 is 4.39 Å². The van der Waals surface area contributed by atoms with Crippen molar-refractivity contribution in [1.29, 1.82) is 0 Å². The highest BCUT2D eigenvalue weighted by Crippen LogP contribution is 2.32. The Morgan fingerprint density at radius 1 is 1.15 bits per heavy atom. The maximum absolute atomic E-state index is 13.6. The number of para-hydroxylation sites is 1. The molecule has 0 aliphatic heterocycles. The number of rotatable bonds is 5. The van der Waals surface area contributed by atoms with Crippen LogP contribution in [0.3, 0.4) is 0 Å². The zero-order chi connectivity index (χ0) is 14.5. The van der Waals surface area contributed by atoms with Gasteiger partial charge in [0.25, 0.3) is 0 Å². The number of unbranched alkanes of at least 4 members (excludes halogenated alkanes) is 1. The van der Waals surface area contributed by atoms with Crippen LogP contribution in [0.5, 0.6) is 0 Å². The summed E-state index contributed by atoms with van der Waals surface area (Å²) in [5, 5.41) is 0. The molecule has 0 unspecified atom stereocenters. The average molecular weight is 272 g/mol. The van der Waals surface area contributed by atoms with Gasteiger partial charge in [-0.05, 0) is 43.2 Å². The van der Waals surface area contributed by atoms with Crippen LogP contribution in [0.4, 0.5) is 21.5 Å². The molecule has 0 aliphatic carbocycles. The first-order chi connectivity index (χ1) is 9.63. The lowest BCUT2D eigenvalue weighted by molar-refractivity contribution is 0.619. The Balaban J connectivity index is 2.44. The molecule has 106 valence electrons. The van der Waals surface area contributed by atoms with Crippen molar-refractivity contribution in [3.05, 3.63) is 53.8 Å². The second-order valence-corrected chi connectivity index (χ2v) is 5.00. The average Bonchev–Trinajstić information content (AvgIpc) is 2.45. The number of nitrogens with two attached hydrogens (primary N) is 1. The molecule has 2 N–H and O–H groups in total. The molecule has 0 atom stereocenters. The summed E-state index contributed by atoms with van der Waals surface area (Å²) in [6, 6.07) is 13.3. The molecule has 0 saturated heterocycles. The summed E-state index contributed by atoms with van der Waals surface area (Å²) in [4.78, 5) is 2.16. The lowest BCUT2D eigenvalue weighted by Crippen LogP contribution is -2.20. The van der Waals surface area contributed by atoms with Crippen LogP contribution < -0.4 is 10.6 Å². The molecule has 0 bridgehead atoms. The molecular weight excluding hydrogens is 251 g/mol. The van der Waals surface area contributed by atoms with Crippen LogP contribution in [0.25, 0.3) is 0 Å². The van der Waals surface area contributed by atoms with Gasteiger partial charge in [0, 0.05) is 12.2 Å². The third-order valence-corrected chi connectivity index (χ3v) is 3.40. The van der Waals surface area contributed by atoms with Crippen molar-refractivity contribution in [1.82, 2.24) is 0 Å².